The van der Waals surface area contributed by atoms with Crippen molar-refractivity contribution in [2.75, 3.05) is 0 Å². The number of para-hydroxylation sites is 13. The largest absolute Gasteiger partial charge is 0.309 e. The van der Waals surface area contributed by atoms with Crippen molar-refractivity contribution < 1.29 is 0 Å². The molecule has 0 bridgehead atoms. The summed E-state index contributed by atoms with van der Waals surface area (Å²) < 4.78 is 25.8. The molecule has 0 spiro atoms. The molecule has 0 aliphatic heterocycles. The molecule has 0 N–H and O–H groups in total. The van der Waals surface area contributed by atoms with Crippen LogP contribution < -0.4 is 0 Å². The first-order valence-corrected chi connectivity index (χ1v) is 52.6. The van der Waals surface area contributed by atoms with Crippen LogP contribution in [0.3, 0.4) is 0 Å². The van der Waals surface area contributed by atoms with E-state index in [1.54, 1.807) is 40.3 Å². The van der Waals surface area contributed by atoms with E-state index < -0.39 is 0 Å². The Bertz CT molecular complexity index is 11500. The molecular weight excluding hydrogens is 1880 g/mol. The lowest BCUT2D eigenvalue weighted by Gasteiger charge is -2.13. The number of hydrogen-bond donors (Lipinski definition) is 0. The summed E-state index contributed by atoms with van der Waals surface area (Å²) in [5, 5.41) is 23.0. The average molecular weight is 1960 g/mol. The Kier molecular flexibility index (Phi) is 18.2. The van der Waals surface area contributed by atoms with E-state index in [9.17, 15) is 0 Å². The molecule has 20 aromatic carbocycles. The van der Waals surface area contributed by atoms with Gasteiger partial charge >= 0.3 is 0 Å². The first-order chi connectivity index (χ1) is 74.0. The van der Waals surface area contributed by atoms with Crippen molar-refractivity contribution in [3.8, 4) is 57.4 Å². The molecule has 149 heavy (non-hydrogen) atoms. The van der Waals surface area contributed by atoms with Gasteiger partial charge < -0.3 is 22.8 Å². The Morgan fingerprint density at radius 2 is 0.470 bits per heavy atom. The lowest BCUT2D eigenvalue weighted by molar-refractivity contribution is 0.976. The lowest BCUT2D eigenvalue weighted by atomic mass is 10.1. The summed E-state index contributed by atoms with van der Waals surface area (Å²) in [7, 11) is 0. The number of nitrogens with zero attached hydrogens (tertiary/aromatic N) is 14. The van der Waals surface area contributed by atoms with Gasteiger partial charge in [0.1, 0.15) is 6.33 Å². The van der Waals surface area contributed by atoms with Crippen LogP contribution in [0.5, 0.6) is 0 Å². The smallest absolute Gasteiger partial charge is 0.237 e. The fourth-order valence-electron chi connectivity index (χ4n) is 24.1. The number of fused-ring (bicyclic) bond motifs is 33. The van der Waals surface area contributed by atoms with Gasteiger partial charge in [-0.3, -0.25) is 13.7 Å². The SMILES string of the molecule is c1cc(-n2c3ccccc3c3cc(-n4c5ccccc5c5ccccc54)ccc32)c2sc3cncnc3c2c1.c1ccc(-n2c3ccccc3c3cc(-c4nc(-n5c6ccccc6c6cc(-n7c8ccccc8c8ccccc87)ccc65)c5sc6ccccc6c5n4)ccc32)cc1.c1ccc2c(c1)sc1c(-n3c4ccccc4c4cc(-n5c6ccccc6c6ccccc65)ccc43)nc(-n3c4ccccc4c4ccccc43)nc12. The Morgan fingerprint density at radius 1 is 0.174 bits per heavy atom. The van der Waals surface area contributed by atoms with Crippen LogP contribution in [0.1, 0.15) is 0 Å². The number of aromatic nitrogens is 14. The van der Waals surface area contributed by atoms with Crippen LogP contribution >= 0.6 is 34.0 Å². The van der Waals surface area contributed by atoms with Gasteiger partial charge in [0.25, 0.3) is 0 Å². The molecule has 17 heteroatoms. The summed E-state index contributed by atoms with van der Waals surface area (Å²) in [4.78, 5) is 30.8. The molecule has 34 rings (SSSR count). The van der Waals surface area contributed by atoms with Crippen molar-refractivity contribution in [1.82, 2.24) is 66.4 Å². The van der Waals surface area contributed by atoms with E-state index in [0.717, 1.165) is 120 Å². The molecule has 0 saturated heterocycles. The molecular formula is C132H78N14S3. The minimum absolute atomic E-state index is 0.663. The van der Waals surface area contributed by atoms with Crippen LogP contribution in [-0.4, -0.2) is 66.4 Å². The molecule has 0 saturated carbocycles. The molecule has 34 aromatic rings. The second-order valence-corrected chi connectivity index (χ2v) is 41.5. The normalized spacial score (nSPS) is 12.2. The number of thiophene rings is 3. The first-order valence-electron chi connectivity index (χ1n) is 50.1. The summed E-state index contributed by atoms with van der Waals surface area (Å²) in [5.41, 5.74) is 28.2. The van der Waals surface area contributed by atoms with Crippen molar-refractivity contribution in [3.05, 3.63) is 474 Å². The van der Waals surface area contributed by atoms with Crippen molar-refractivity contribution >= 4 is 269 Å². The van der Waals surface area contributed by atoms with Gasteiger partial charge in [-0.25, -0.2) is 24.9 Å². The highest BCUT2D eigenvalue weighted by atomic mass is 32.1. The number of hydrogen-bond acceptors (Lipinski definition) is 9. The highest BCUT2D eigenvalue weighted by Gasteiger charge is 2.29. The molecule has 14 heterocycles. The summed E-state index contributed by atoms with van der Waals surface area (Å²) in [6.45, 7) is 0. The predicted molar refractivity (Wildman–Crippen MR) is 625 cm³/mol. The maximum atomic E-state index is 5.57. The molecule has 0 unspecified atom stereocenters. The van der Waals surface area contributed by atoms with E-state index in [1.165, 1.54) is 161 Å². The van der Waals surface area contributed by atoms with Gasteiger partial charge in [-0.05, 0) is 176 Å². The minimum atomic E-state index is 0.663. The zero-order chi connectivity index (χ0) is 97.3. The predicted octanol–water partition coefficient (Wildman–Crippen LogP) is 35.0. The number of benzene rings is 20. The highest BCUT2D eigenvalue weighted by Crippen LogP contribution is 2.49. The van der Waals surface area contributed by atoms with Gasteiger partial charge in [0.05, 0.1) is 129 Å². The van der Waals surface area contributed by atoms with Crippen LogP contribution in [-0.2, 0) is 0 Å². The highest BCUT2D eigenvalue weighted by molar-refractivity contribution is 7.27. The molecule has 14 nitrogen and oxygen atoms in total. The molecule has 694 valence electrons. The Morgan fingerprint density at radius 3 is 0.886 bits per heavy atom. The fourth-order valence-corrected chi connectivity index (χ4v) is 27.5. The van der Waals surface area contributed by atoms with Crippen molar-refractivity contribution in [3.63, 3.8) is 0 Å². The maximum Gasteiger partial charge on any atom is 0.237 e. The summed E-state index contributed by atoms with van der Waals surface area (Å²) in [6.07, 6.45) is 3.55. The third-order valence-electron chi connectivity index (χ3n) is 30.4. The fraction of sp³-hybridized carbons (Fsp3) is 0. The lowest BCUT2D eigenvalue weighted by Crippen LogP contribution is -2.06. The first kappa shape index (κ1) is 83.2. The van der Waals surface area contributed by atoms with Gasteiger partial charge in [-0.15, -0.1) is 34.0 Å². The van der Waals surface area contributed by atoms with Crippen LogP contribution in [0, 0.1) is 0 Å². The number of rotatable bonds is 9. The third-order valence-corrected chi connectivity index (χ3v) is 33.9. The molecule has 0 amide bonds. The van der Waals surface area contributed by atoms with Gasteiger partial charge in [0.15, 0.2) is 17.5 Å². The van der Waals surface area contributed by atoms with E-state index in [4.69, 9.17) is 19.9 Å². The standard InChI is InChI=1S/C52H31N5S.C46H27N5S.C34H20N4S/c1-2-14-33(15-3-1)55-44-23-11-6-18-37(44)40-30-32(26-28-46(40)55)51-53-49-39-20-8-13-25-48(39)58-50(49)52(54-51)57-45-24-12-7-19-38(45)41-31-34(27-29-47(41)57)56-42-21-9-4-16-35(42)36-17-5-10-22-43(36)56;1-7-19-36-29(13-1)30-14-2-8-20-37(30)49(36)28-25-26-41-35(27-28)33-17-5-9-21-38(33)50(41)45-44-43(34-18-6-12-24-42(34)52-44)47-46(48-45)51-39-22-10-3-15-31(39)32-16-4-11-23-40(32)51;1-4-12-27-22(8-1)23-9-2-5-13-28(23)37(27)21-16-17-30-26(18-21)24-10-3-6-14-29(24)38(30)31-15-7-11-25-33-32(39-34(25)31)19-35-20-36-33/h1-31H;1-27H;1-20H. The van der Waals surface area contributed by atoms with Gasteiger partial charge in [0, 0.05) is 146 Å². The van der Waals surface area contributed by atoms with E-state index in [0.29, 0.717) is 11.8 Å². The topological polar surface area (TPSA) is 117 Å². The zero-order valence-electron chi connectivity index (χ0n) is 79.5. The van der Waals surface area contributed by atoms with Gasteiger partial charge in [0.2, 0.25) is 5.95 Å². The monoisotopic (exact) mass is 1950 g/mol. The second kappa shape index (κ2) is 32.6. The maximum absolute atomic E-state index is 5.57. The Balaban J connectivity index is 0.000000101. The quantitative estimate of drug-likeness (QED) is 0.142. The van der Waals surface area contributed by atoms with Crippen LogP contribution in [0.15, 0.2) is 474 Å². The van der Waals surface area contributed by atoms with Crippen molar-refractivity contribution in [1.29, 1.82) is 0 Å². The molecule has 0 aliphatic rings. The zero-order valence-corrected chi connectivity index (χ0v) is 82.0. The molecule has 14 aromatic heterocycles. The second-order valence-electron chi connectivity index (χ2n) is 38.3. The van der Waals surface area contributed by atoms with Gasteiger partial charge in [-0.1, -0.05) is 285 Å². The summed E-state index contributed by atoms with van der Waals surface area (Å²) >= 11 is 5.28. The van der Waals surface area contributed by atoms with E-state index >= 15 is 0 Å². The molecule has 0 atom stereocenters. The third kappa shape index (κ3) is 12.4. The van der Waals surface area contributed by atoms with Crippen LogP contribution in [0.2, 0.25) is 0 Å². The summed E-state index contributed by atoms with van der Waals surface area (Å²) in [6, 6.07) is 166. The van der Waals surface area contributed by atoms with Crippen LogP contribution in [0.25, 0.3) is 293 Å². The minimum Gasteiger partial charge on any atom is -0.309 e. The van der Waals surface area contributed by atoms with Gasteiger partial charge in [-0.2, -0.15) is 4.98 Å². The van der Waals surface area contributed by atoms with Crippen molar-refractivity contribution in [2.24, 2.45) is 0 Å². The molecule has 0 radical (unpaired) electrons. The van der Waals surface area contributed by atoms with Crippen LogP contribution in [0.4, 0.5) is 0 Å². The molecule has 0 fully saturated rings. The van der Waals surface area contributed by atoms with E-state index in [-0.39, 0.29) is 0 Å². The van der Waals surface area contributed by atoms with E-state index in [2.05, 4.69) is 508 Å². The Hall–Kier alpha value is -19.3. The summed E-state index contributed by atoms with van der Waals surface area (Å²) in [5.74, 6) is 3.15. The Labute approximate surface area is 860 Å². The molecule has 0 aliphatic carbocycles. The average Bonchev–Trinajstić information content (AvgIpc) is 1.56. The van der Waals surface area contributed by atoms with Crippen molar-refractivity contribution in [2.45, 2.75) is 0 Å². The van der Waals surface area contributed by atoms with E-state index in [1.807, 2.05) is 6.20 Å².